The van der Waals surface area contributed by atoms with Crippen LogP contribution in [0.5, 0.6) is 0 Å². The number of nitrogens with zero attached hydrogens (tertiary/aromatic N) is 1. The molecule has 0 bridgehead atoms. The summed E-state index contributed by atoms with van der Waals surface area (Å²) < 4.78 is 0. The van der Waals surface area contributed by atoms with E-state index < -0.39 is 0 Å². The van der Waals surface area contributed by atoms with Crippen molar-refractivity contribution in [2.45, 2.75) is 68.2 Å². The molecule has 1 N–H and O–H groups in total. The van der Waals surface area contributed by atoms with Crippen LogP contribution in [0, 0.1) is 0 Å². The molecule has 0 aromatic carbocycles. The Hall–Kier alpha value is 0.270. The van der Waals surface area contributed by atoms with Crippen molar-refractivity contribution in [1.82, 2.24) is 10.2 Å². The van der Waals surface area contributed by atoms with Gasteiger partial charge in [-0.05, 0) is 57.9 Å². The van der Waals surface area contributed by atoms with Crippen LogP contribution < -0.4 is 5.32 Å². The van der Waals surface area contributed by atoms with Crippen LogP contribution >= 0.6 is 11.8 Å². The lowest BCUT2D eigenvalue weighted by Gasteiger charge is -2.36. The van der Waals surface area contributed by atoms with Crippen LogP contribution in [0.1, 0.15) is 51.4 Å². The van der Waals surface area contributed by atoms with Gasteiger partial charge in [0.05, 0.1) is 0 Å². The Kier molecular flexibility index (Phi) is 4.21. The third-order valence-corrected chi connectivity index (χ3v) is 6.49. The van der Waals surface area contributed by atoms with Crippen LogP contribution in [0.2, 0.25) is 0 Å². The van der Waals surface area contributed by atoms with E-state index in [4.69, 9.17) is 0 Å². The normalized spacial score (nSPS) is 37.2. The third kappa shape index (κ3) is 2.73. The zero-order chi connectivity index (χ0) is 12.4. The molecule has 3 heteroatoms. The molecule has 2 atom stereocenters. The van der Waals surface area contributed by atoms with Crippen molar-refractivity contribution >= 4 is 11.8 Å². The van der Waals surface area contributed by atoms with Crippen molar-refractivity contribution in [1.29, 1.82) is 0 Å². The number of hydrogen-bond acceptors (Lipinski definition) is 3. The second-order valence-electron chi connectivity index (χ2n) is 6.56. The highest BCUT2D eigenvalue weighted by molar-refractivity contribution is 7.99. The van der Waals surface area contributed by atoms with E-state index in [-0.39, 0.29) is 0 Å². The molecule has 2 unspecified atom stereocenters. The average Bonchev–Trinajstić information content (AvgIpc) is 2.97. The third-order valence-electron chi connectivity index (χ3n) is 5.40. The molecular weight excluding hydrogens is 240 g/mol. The van der Waals surface area contributed by atoms with Crippen LogP contribution in [0.25, 0.3) is 0 Å². The van der Waals surface area contributed by atoms with Crippen molar-refractivity contribution in [3.05, 3.63) is 0 Å². The van der Waals surface area contributed by atoms with Crippen molar-refractivity contribution in [2.75, 3.05) is 25.9 Å². The molecule has 0 aromatic heterocycles. The molecule has 2 aliphatic carbocycles. The summed E-state index contributed by atoms with van der Waals surface area (Å²) in [6.07, 6.45) is 13.7. The Bertz CT molecular complexity index is 276. The molecule has 1 saturated heterocycles. The summed E-state index contributed by atoms with van der Waals surface area (Å²) >= 11 is 2.09. The molecular formula is C15H28N2S. The first-order valence-corrected chi connectivity index (χ1v) is 9.12. The Labute approximate surface area is 116 Å². The fraction of sp³-hybridized carbons (Fsp3) is 1.00. The van der Waals surface area contributed by atoms with Crippen LogP contribution in [-0.4, -0.2) is 47.6 Å². The molecule has 1 aliphatic heterocycles. The van der Waals surface area contributed by atoms with Gasteiger partial charge in [0.2, 0.25) is 0 Å². The summed E-state index contributed by atoms with van der Waals surface area (Å²) in [6.45, 7) is 3.91. The van der Waals surface area contributed by atoms with Gasteiger partial charge in [-0.1, -0.05) is 12.8 Å². The highest BCUT2D eigenvalue weighted by atomic mass is 32.2. The quantitative estimate of drug-likeness (QED) is 0.829. The van der Waals surface area contributed by atoms with Crippen LogP contribution in [0.15, 0.2) is 0 Å². The van der Waals surface area contributed by atoms with Crippen LogP contribution in [-0.2, 0) is 0 Å². The molecule has 3 rings (SSSR count). The number of rotatable bonds is 2. The van der Waals surface area contributed by atoms with Gasteiger partial charge in [0.25, 0.3) is 0 Å². The molecule has 3 aliphatic rings. The molecule has 2 nitrogen and oxygen atoms in total. The second kappa shape index (κ2) is 5.72. The Morgan fingerprint density at radius 1 is 1.17 bits per heavy atom. The Balaban J connectivity index is 1.64. The summed E-state index contributed by atoms with van der Waals surface area (Å²) in [4.78, 5) is 2.85. The van der Waals surface area contributed by atoms with Gasteiger partial charge >= 0.3 is 0 Å². The standard InChI is InChI=1S/C15H28N2S/c1-18-14-6-5-13(11-14)17-10-4-9-16-15(12-17)7-2-3-8-15/h13-14,16H,2-12H2,1H3. The minimum Gasteiger partial charge on any atom is -0.310 e. The molecule has 1 heterocycles. The maximum absolute atomic E-state index is 3.89. The summed E-state index contributed by atoms with van der Waals surface area (Å²) in [5.41, 5.74) is 0.494. The average molecular weight is 268 g/mol. The molecule has 18 heavy (non-hydrogen) atoms. The van der Waals surface area contributed by atoms with E-state index in [1.165, 1.54) is 71.0 Å². The lowest BCUT2D eigenvalue weighted by Crippen LogP contribution is -2.51. The fourth-order valence-electron chi connectivity index (χ4n) is 4.32. The van der Waals surface area contributed by atoms with Crippen LogP contribution in [0.3, 0.4) is 0 Å². The molecule has 3 fully saturated rings. The van der Waals surface area contributed by atoms with Gasteiger partial charge in [-0.3, -0.25) is 4.90 Å². The van der Waals surface area contributed by atoms with Crippen molar-refractivity contribution in [3.8, 4) is 0 Å². The second-order valence-corrected chi connectivity index (χ2v) is 7.70. The smallest absolute Gasteiger partial charge is 0.0308 e. The lowest BCUT2D eigenvalue weighted by atomic mass is 9.96. The van der Waals surface area contributed by atoms with Gasteiger partial charge in [0, 0.05) is 23.4 Å². The van der Waals surface area contributed by atoms with Gasteiger partial charge in [-0.15, -0.1) is 0 Å². The zero-order valence-corrected chi connectivity index (χ0v) is 12.6. The Morgan fingerprint density at radius 2 is 2.00 bits per heavy atom. The van der Waals surface area contributed by atoms with E-state index in [9.17, 15) is 0 Å². The monoisotopic (exact) mass is 268 g/mol. The Morgan fingerprint density at radius 3 is 2.72 bits per heavy atom. The van der Waals surface area contributed by atoms with Gasteiger partial charge in [0.15, 0.2) is 0 Å². The number of thioether (sulfide) groups is 1. The molecule has 2 saturated carbocycles. The first-order valence-electron chi connectivity index (χ1n) is 7.83. The maximum atomic E-state index is 3.89. The first-order chi connectivity index (χ1) is 8.81. The molecule has 1 spiro atoms. The van der Waals surface area contributed by atoms with Crippen molar-refractivity contribution in [2.24, 2.45) is 0 Å². The minimum absolute atomic E-state index is 0.494. The summed E-state index contributed by atoms with van der Waals surface area (Å²) in [7, 11) is 0. The van der Waals surface area contributed by atoms with E-state index in [0.717, 1.165) is 11.3 Å². The predicted octanol–water partition coefficient (Wildman–Crippen LogP) is 2.88. The van der Waals surface area contributed by atoms with E-state index in [1.54, 1.807) is 0 Å². The molecule has 0 aromatic rings. The van der Waals surface area contributed by atoms with Gasteiger partial charge in [0.1, 0.15) is 0 Å². The van der Waals surface area contributed by atoms with E-state index in [2.05, 4.69) is 28.2 Å². The molecule has 104 valence electrons. The van der Waals surface area contributed by atoms with Gasteiger partial charge in [-0.25, -0.2) is 0 Å². The van der Waals surface area contributed by atoms with Crippen molar-refractivity contribution in [3.63, 3.8) is 0 Å². The molecule has 0 amide bonds. The van der Waals surface area contributed by atoms with E-state index >= 15 is 0 Å². The highest BCUT2D eigenvalue weighted by Crippen LogP contribution is 2.36. The van der Waals surface area contributed by atoms with E-state index in [0.29, 0.717) is 5.54 Å². The largest absolute Gasteiger partial charge is 0.310 e. The van der Waals surface area contributed by atoms with Gasteiger partial charge < -0.3 is 5.32 Å². The maximum Gasteiger partial charge on any atom is 0.0308 e. The number of hydrogen-bond donors (Lipinski definition) is 1. The summed E-state index contributed by atoms with van der Waals surface area (Å²) in [5, 5.41) is 4.82. The topological polar surface area (TPSA) is 15.3 Å². The first kappa shape index (κ1) is 13.3. The predicted molar refractivity (Wildman–Crippen MR) is 80.3 cm³/mol. The lowest BCUT2D eigenvalue weighted by molar-refractivity contribution is 0.158. The summed E-state index contributed by atoms with van der Waals surface area (Å²) in [5.74, 6) is 0. The summed E-state index contributed by atoms with van der Waals surface area (Å²) in [6, 6.07) is 0.889. The van der Waals surface area contributed by atoms with Crippen LogP contribution in [0.4, 0.5) is 0 Å². The minimum atomic E-state index is 0.494. The number of nitrogens with one attached hydrogen (secondary N) is 1. The van der Waals surface area contributed by atoms with Crippen molar-refractivity contribution < 1.29 is 0 Å². The SMILES string of the molecule is CSC1CCC(N2CCCNC3(CCCC3)C2)C1. The van der Waals surface area contributed by atoms with E-state index in [1.807, 2.05) is 0 Å². The fourth-order valence-corrected chi connectivity index (χ4v) is 5.11. The highest BCUT2D eigenvalue weighted by Gasteiger charge is 2.39. The molecule has 0 radical (unpaired) electrons. The van der Waals surface area contributed by atoms with Gasteiger partial charge in [-0.2, -0.15) is 11.8 Å². The zero-order valence-electron chi connectivity index (χ0n) is 11.8.